The molecule has 5 nitrogen and oxygen atoms in total. The Morgan fingerprint density at radius 2 is 2.18 bits per heavy atom. The summed E-state index contributed by atoms with van der Waals surface area (Å²) in [6, 6.07) is 8.00. The number of aromatic nitrogens is 2. The van der Waals surface area contributed by atoms with E-state index in [2.05, 4.69) is 33.2 Å². The maximum Gasteiger partial charge on any atom is 0.234 e. The largest absolute Gasteiger partial charge is 0.345 e. The number of nitrogens with zero attached hydrogens (tertiary/aromatic N) is 2. The lowest BCUT2D eigenvalue weighted by Crippen LogP contribution is -2.36. The molecule has 1 heterocycles. The lowest BCUT2D eigenvalue weighted by molar-refractivity contribution is -0.120. The Morgan fingerprint density at radius 1 is 1.41 bits per heavy atom. The normalized spacial score (nSPS) is 15.9. The molecular weight excluding hydrogens is 276 g/mol. The molecule has 1 aliphatic carbocycles. The molecule has 1 saturated carbocycles. The van der Waals surface area contributed by atoms with E-state index in [-0.39, 0.29) is 11.9 Å². The van der Waals surface area contributed by atoms with Gasteiger partial charge in [0.2, 0.25) is 5.91 Å². The highest BCUT2D eigenvalue weighted by Gasteiger charge is 2.21. The molecule has 2 aromatic rings. The van der Waals surface area contributed by atoms with Crippen molar-refractivity contribution in [2.24, 2.45) is 5.92 Å². The number of aryl methyl sites for hydroxylation is 1. The highest BCUT2D eigenvalue weighted by atomic mass is 16.2. The summed E-state index contributed by atoms with van der Waals surface area (Å²) in [4.78, 5) is 16.7. The average Bonchev–Trinajstić information content (AvgIpc) is 3.25. The molecule has 1 unspecified atom stereocenters. The molecule has 0 bridgehead atoms. The van der Waals surface area contributed by atoms with Gasteiger partial charge in [-0.25, -0.2) is 4.98 Å². The molecule has 0 spiro atoms. The van der Waals surface area contributed by atoms with Crippen LogP contribution in [0.3, 0.4) is 0 Å². The van der Waals surface area contributed by atoms with Gasteiger partial charge in [-0.1, -0.05) is 12.1 Å². The summed E-state index contributed by atoms with van der Waals surface area (Å²) in [6.45, 7) is 6.27. The lowest BCUT2D eigenvalue weighted by atomic mass is 10.3. The summed E-state index contributed by atoms with van der Waals surface area (Å²) in [5.41, 5.74) is 2.10. The van der Waals surface area contributed by atoms with Gasteiger partial charge in [0.05, 0.1) is 23.6 Å². The molecule has 1 atom stereocenters. The molecular formula is C17H24N4O. The second-order valence-corrected chi connectivity index (χ2v) is 6.07. The van der Waals surface area contributed by atoms with Gasteiger partial charge < -0.3 is 15.2 Å². The fourth-order valence-electron chi connectivity index (χ4n) is 2.83. The van der Waals surface area contributed by atoms with Crippen molar-refractivity contribution in [3.63, 3.8) is 0 Å². The van der Waals surface area contributed by atoms with Gasteiger partial charge in [0, 0.05) is 6.54 Å². The average molecular weight is 300 g/mol. The van der Waals surface area contributed by atoms with Crippen LogP contribution in [0.1, 0.15) is 38.6 Å². The molecule has 1 aromatic carbocycles. The number of nitrogens with one attached hydrogen (secondary N) is 2. The third kappa shape index (κ3) is 3.30. The Labute approximate surface area is 131 Å². The van der Waals surface area contributed by atoms with E-state index in [9.17, 15) is 4.79 Å². The van der Waals surface area contributed by atoms with Crippen LogP contribution in [0.25, 0.3) is 11.0 Å². The highest BCUT2D eigenvalue weighted by Crippen LogP contribution is 2.27. The number of benzene rings is 1. The van der Waals surface area contributed by atoms with Crippen molar-refractivity contribution in [3.8, 4) is 0 Å². The Hall–Kier alpha value is -1.88. The molecule has 1 amide bonds. The summed E-state index contributed by atoms with van der Waals surface area (Å²) in [5, 5.41) is 6.26. The van der Waals surface area contributed by atoms with E-state index >= 15 is 0 Å². The summed E-state index contributed by atoms with van der Waals surface area (Å²) >= 11 is 0. The van der Waals surface area contributed by atoms with Gasteiger partial charge >= 0.3 is 0 Å². The van der Waals surface area contributed by atoms with Crippen LogP contribution < -0.4 is 10.6 Å². The number of hydrogen-bond acceptors (Lipinski definition) is 3. The maximum atomic E-state index is 12.0. The SMILES string of the molecule is CCn1c(C(C)NC(=O)CNCC2CC2)nc2ccccc21. The second-order valence-electron chi connectivity index (χ2n) is 6.07. The van der Waals surface area contributed by atoms with Crippen molar-refractivity contribution in [3.05, 3.63) is 30.1 Å². The molecule has 0 saturated heterocycles. The maximum absolute atomic E-state index is 12.0. The van der Waals surface area contributed by atoms with E-state index in [4.69, 9.17) is 0 Å². The van der Waals surface area contributed by atoms with E-state index in [0.717, 1.165) is 35.9 Å². The van der Waals surface area contributed by atoms with Gasteiger partial charge in [-0.3, -0.25) is 4.79 Å². The van der Waals surface area contributed by atoms with E-state index in [1.54, 1.807) is 0 Å². The molecule has 118 valence electrons. The number of para-hydroxylation sites is 2. The topological polar surface area (TPSA) is 59.0 Å². The van der Waals surface area contributed by atoms with E-state index < -0.39 is 0 Å². The molecule has 0 aliphatic heterocycles. The zero-order valence-corrected chi connectivity index (χ0v) is 13.3. The first-order chi connectivity index (χ1) is 10.7. The van der Waals surface area contributed by atoms with E-state index in [0.29, 0.717) is 6.54 Å². The van der Waals surface area contributed by atoms with Gasteiger partial charge in [-0.15, -0.1) is 0 Å². The molecule has 3 rings (SSSR count). The predicted molar refractivity (Wildman–Crippen MR) is 87.6 cm³/mol. The first-order valence-corrected chi connectivity index (χ1v) is 8.14. The van der Waals surface area contributed by atoms with Gasteiger partial charge in [-0.2, -0.15) is 0 Å². The Kier molecular flexibility index (Phi) is 4.43. The minimum absolute atomic E-state index is 0.0304. The first-order valence-electron chi connectivity index (χ1n) is 8.14. The van der Waals surface area contributed by atoms with Crippen LogP contribution in [-0.4, -0.2) is 28.5 Å². The third-order valence-electron chi connectivity index (χ3n) is 4.18. The van der Waals surface area contributed by atoms with E-state index in [1.165, 1.54) is 12.8 Å². The van der Waals surface area contributed by atoms with E-state index in [1.807, 2.05) is 25.1 Å². The quantitative estimate of drug-likeness (QED) is 0.824. The lowest BCUT2D eigenvalue weighted by Gasteiger charge is -2.15. The number of carbonyl (C=O) groups excluding carboxylic acids is 1. The number of amides is 1. The van der Waals surface area contributed by atoms with Crippen LogP contribution in [0.2, 0.25) is 0 Å². The molecule has 0 radical (unpaired) electrons. The van der Waals surface area contributed by atoms with Crippen molar-refractivity contribution in [1.29, 1.82) is 0 Å². The minimum Gasteiger partial charge on any atom is -0.345 e. The van der Waals surface area contributed by atoms with Crippen LogP contribution in [0.4, 0.5) is 0 Å². The third-order valence-corrected chi connectivity index (χ3v) is 4.18. The van der Waals surface area contributed by atoms with Gasteiger partial charge in [0.25, 0.3) is 0 Å². The summed E-state index contributed by atoms with van der Waals surface area (Å²) in [6.07, 6.45) is 2.59. The Morgan fingerprint density at radius 3 is 2.91 bits per heavy atom. The van der Waals surface area contributed by atoms with Crippen molar-refractivity contribution in [2.45, 2.75) is 39.3 Å². The van der Waals surface area contributed by atoms with Crippen LogP contribution in [-0.2, 0) is 11.3 Å². The fraction of sp³-hybridized carbons (Fsp3) is 0.529. The molecule has 1 fully saturated rings. The summed E-state index contributed by atoms with van der Waals surface area (Å²) in [7, 11) is 0. The van der Waals surface area contributed by atoms with Crippen molar-refractivity contribution in [2.75, 3.05) is 13.1 Å². The number of imidazole rings is 1. The first kappa shape index (κ1) is 15.0. The fourth-order valence-corrected chi connectivity index (χ4v) is 2.83. The number of carbonyl (C=O) groups is 1. The zero-order chi connectivity index (χ0) is 15.5. The van der Waals surface area contributed by atoms with Gasteiger partial charge in [0.1, 0.15) is 5.82 Å². The Balaban J connectivity index is 1.65. The van der Waals surface area contributed by atoms with Crippen molar-refractivity contribution in [1.82, 2.24) is 20.2 Å². The summed E-state index contributed by atoms with van der Waals surface area (Å²) in [5.74, 6) is 1.73. The number of hydrogen-bond donors (Lipinski definition) is 2. The van der Waals surface area contributed by atoms with Crippen LogP contribution in [0, 0.1) is 5.92 Å². The molecule has 2 N–H and O–H groups in total. The number of fused-ring (bicyclic) bond motifs is 1. The van der Waals surface area contributed by atoms with Gasteiger partial charge in [-0.05, 0) is 51.3 Å². The van der Waals surface area contributed by atoms with Crippen LogP contribution >= 0.6 is 0 Å². The molecule has 1 aromatic heterocycles. The molecule has 5 heteroatoms. The van der Waals surface area contributed by atoms with Crippen LogP contribution in [0.5, 0.6) is 0 Å². The second kappa shape index (κ2) is 6.48. The van der Waals surface area contributed by atoms with Crippen LogP contribution in [0.15, 0.2) is 24.3 Å². The minimum atomic E-state index is -0.0948. The highest BCUT2D eigenvalue weighted by molar-refractivity contribution is 5.79. The summed E-state index contributed by atoms with van der Waals surface area (Å²) < 4.78 is 2.16. The predicted octanol–water partition coefficient (Wildman–Crippen LogP) is 2.23. The smallest absolute Gasteiger partial charge is 0.234 e. The molecule has 1 aliphatic rings. The van der Waals surface area contributed by atoms with Crippen molar-refractivity contribution >= 4 is 16.9 Å². The zero-order valence-electron chi connectivity index (χ0n) is 13.3. The van der Waals surface area contributed by atoms with Gasteiger partial charge in [0.15, 0.2) is 0 Å². The Bertz CT molecular complexity index is 660. The molecule has 22 heavy (non-hydrogen) atoms. The van der Waals surface area contributed by atoms with Crippen molar-refractivity contribution < 1.29 is 4.79 Å². The number of rotatable bonds is 7. The standard InChI is InChI=1S/C17H24N4O/c1-3-21-15-7-5-4-6-14(15)20-17(21)12(2)19-16(22)11-18-10-13-8-9-13/h4-7,12-13,18H,3,8-11H2,1-2H3,(H,19,22). The monoisotopic (exact) mass is 300 g/mol.